The van der Waals surface area contributed by atoms with Crippen LogP contribution in [0.15, 0.2) is 36.7 Å². The number of amides is 1. The molecule has 2 atom stereocenters. The first-order valence-corrected chi connectivity index (χ1v) is 11.2. The highest BCUT2D eigenvalue weighted by atomic mass is 16.6. The van der Waals surface area contributed by atoms with Gasteiger partial charge in [-0.05, 0) is 39.1 Å². The second kappa shape index (κ2) is 10.1. The quantitative estimate of drug-likeness (QED) is 0.709. The Bertz CT molecular complexity index is 899. The fourth-order valence-electron chi connectivity index (χ4n) is 3.88. The van der Waals surface area contributed by atoms with E-state index in [9.17, 15) is 4.79 Å². The first-order chi connectivity index (χ1) is 15.5. The third kappa shape index (κ3) is 5.86. The fraction of sp³-hybridized carbons (Fsp3) is 0.522. The summed E-state index contributed by atoms with van der Waals surface area (Å²) in [6.07, 6.45) is 3.26. The van der Waals surface area contributed by atoms with E-state index in [4.69, 9.17) is 9.47 Å². The number of hydrogen-bond acceptors (Lipinski definition) is 8. The molecular weight excluding hydrogens is 408 g/mol. The van der Waals surface area contributed by atoms with Crippen LogP contribution in [0.1, 0.15) is 31.9 Å². The highest BCUT2D eigenvalue weighted by Crippen LogP contribution is 2.30. The number of anilines is 3. The number of carbonyl (C=O) groups excluding carboxylic acids is 1. The summed E-state index contributed by atoms with van der Waals surface area (Å²) in [5.74, 6) is 0.534. The van der Waals surface area contributed by atoms with Crippen molar-refractivity contribution >= 4 is 23.4 Å². The van der Waals surface area contributed by atoms with Crippen LogP contribution < -0.4 is 15.5 Å². The maximum atomic E-state index is 11.8. The van der Waals surface area contributed by atoms with Gasteiger partial charge in [-0.2, -0.15) is 0 Å². The lowest BCUT2D eigenvalue weighted by Crippen LogP contribution is -2.44. The summed E-state index contributed by atoms with van der Waals surface area (Å²) < 4.78 is 11.2. The molecule has 3 heterocycles. The minimum Gasteiger partial charge on any atom is -0.444 e. The number of nitrogens with zero attached hydrogens (tertiary/aromatic N) is 4. The fourth-order valence-corrected chi connectivity index (χ4v) is 3.88. The summed E-state index contributed by atoms with van der Waals surface area (Å²) >= 11 is 0. The Balaban J connectivity index is 1.32. The van der Waals surface area contributed by atoms with Crippen molar-refractivity contribution in [1.29, 1.82) is 0 Å². The zero-order valence-corrected chi connectivity index (χ0v) is 19.0. The van der Waals surface area contributed by atoms with Crippen LogP contribution in [0.3, 0.4) is 0 Å². The molecule has 0 spiro atoms. The van der Waals surface area contributed by atoms with E-state index in [0.29, 0.717) is 19.0 Å². The summed E-state index contributed by atoms with van der Waals surface area (Å²) in [6.45, 7) is 8.34. The molecule has 0 radical (unpaired) electrons. The van der Waals surface area contributed by atoms with E-state index in [2.05, 4.69) is 49.6 Å². The van der Waals surface area contributed by atoms with Crippen LogP contribution in [0.2, 0.25) is 0 Å². The van der Waals surface area contributed by atoms with Crippen LogP contribution in [0.5, 0.6) is 0 Å². The molecule has 2 saturated heterocycles. The van der Waals surface area contributed by atoms with Crippen LogP contribution in [-0.2, 0) is 9.47 Å². The topological polar surface area (TPSA) is 91.8 Å². The van der Waals surface area contributed by atoms with Crippen LogP contribution in [0, 0.1) is 0 Å². The number of carbonyl (C=O) groups is 1. The van der Waals surface area contributed by atoms with Crippen molar-refractivity contribution in [3.8, 4) is 0 Å². The lowest BCUT2D eigenvalue weighted by atomic mass is 10.1. The summed E-state index contributed by atoms with van der Waals surface area (Å²) in [5, 5.41) is 6.01. The molecule has 1 amide bonds. The van der Waals surface area contributed by atoms with Crippen molar-refractivity contribution in [3.63, 3.8) is 0 Å². The molecule has 2 aromatic rings. The summed E-state index contributed by atoms with van der Waals surface area (Å²) in [6, 6.07) is 8.37. The van der Waals surface area contributed by atoms with Gasteiger partial charge in [-0.25, -0.2) is 14.8 Å². The molecule has 0 unspecified atom stereocenters. The maximum absolute atomic E-state index is 11.8. The third-order valence-corrected chi connectivity index (χ3v) is 5.65. The number of piperazine rings is 1. The predicted molar refractivity (Wildman–Crippen MR) is 123 cm³/mol. The van der Waals surface area contributed by atoms with E-state index in [0.717, 1.165) is 37.4 Å². The Morgan fingerprint density at radius 3 is 2.66 bits per heavy atom. The van der Waals surface area contributed by atoms with Gasteiger partial charge in [0.1, 0.15) is 6.10 Å². The van der Waals surface area contributed by atoms with Gasteiger partial charge in [0.05, 0.1) is 12.7 Å². The molecule has 1 aromatic heterocycles. The molecule has 2 aliphatic heterocycles. The molecule has 2 fully saturated rings. The number of aromatic nitrogens is 2. The smallest absolute Gasteiger partial charge is 0.407 e. The molecule has 9 heteroatoms. The van der Waals surface area contributed by atoms with Crippen LogP contribution >= 0.6 is 0 Å². The standard InChI is InChI=1S/C23H32N6O3/c1-16(2)26-23(30)32-20-12-21(31-15-20)17-13-24-22(25-14-17)27-18-5-4-6-19(11-18)29-9-7-28(3)8-10-29/h4-6,11,13-14,16,20-21H,7-10,12,15H2,1-3H3,(H,26,30)(H,24,25,27)/t20-,21-/m1/s1. The third-order valence-electron chi connectivity index (χ3n) is 5.65. The number of benzene rings is 1. The number of hydrogen-bond donors (Lipinski definition) is 2. The van der Waals surface area contributed by atoms with E-state index in [1.165, 1.54) is 5.69 Å². The van der Waals surface area contributed by atoms with E-state index in [1.54, 1.807) is 12.4 Å². The normalized spacial score (nSPS) is 21.6. The van der Waals surface area contributed by atoms with Gasteiger partial charge in [0.2, 0.25) is 5.95 Å². The Morgan fingerprint density at radius 1 is 1.19 bits per heavy atom. The molecule has 172 valence electrons. The van der Waals surface area contributed by atoms with E-state index in [1.807, 2.05) is 26.0 Å². The molecule has 2 aliphatic rings. The highest BCUT2D eigenvalue weighted by molar-refractivity contribution is 5.67. The average Bonchev–Trinajstić information content (AvgIpc) is 3.23. The maximum Gasteiger partial charge on any atom is 0.407 e. The number of likely N-dealkylation sites (N-methyl/N-ethyl adjacent to an activating group) is 1. The summed E-state index contributed by atoms with van der Waals surface area (Å²) in [4.78, 5) is 25.4. The number of rotatable bonds is 6. The van der Waals surface area contributed by atoms with Crippen molar-refractivity contribution in [2.75, 3.05) is 50.1 Å². The van der Waals surface area contributed by atoms with Gasteiger partial charge in [-0.1, -0.05) is 6.07 Å². The summed E-state index contributed by atoms with van der Waals surface area (Å²) in [7, 11) is 2.16. The van der Waals surface area contributed by atoms with Gasteiger partial charge in [0.15, 0.2) is 0 Å². The van der Waals surface area contributed by atoms with E-state index >= 15 is 0 Å². The van der Waals surface area contributed by atoms with Gasteiger partial charge in [-0.3, -0.25) is 0 Å². The van der Waals surface area contributed by atoms with Crippen LogP contribution in [-0.4, -0.2) is 72.9 Å². The first kappa shape index (κ1) is 22.3. The Hall–Kier alpha value is -2.91. The van der Waals surface area contributed by atoms with Gasteiger partial charge in [0, 0.05) is 68.0 Å². The largest absolute Gasteiger partial charge is 0.444 e. The predicted octanol–water partition coefficient (Wildman–Crippen LogP) is 2.94. The molecule has 1 aromatic carbocycles. The molecule has 0 saturated carbocycles. The van der Waals surface area contributed by atoms with Crippen molar-refractivity contribution in [1.82, 2.24) is 20.2 Å². The van der Waals surface area contributed by atoms with Crippen molar-refractivity contribution in [3.05, 3.63) is 42.2 Å². The zero-order valence-electron chi connectivity index (χ0n) is 19.0. The molecule has 9 nitrogen and oxygen atoms in total. The van der Waals surface area contributed by atoms with Crippen LogP contribution in [0.4, 0.5) is 22.1 Å². The number of nitrogens with one attached hydrogen (secondary N) is 2. The number of ether oxygens (including phenoxy) is 2. The van der Waals surface area contributed by atoms with Crippen molar-refractivity contribution < 1.29 is 14.3 Å². The van der Waals surface area contributed by atoms with E-state index in [-0.39, 0.29) is 18.2 Å². The minimum atomic E-state index is -0.413. The molecule has 0 bridgehead atoms. The van der Waals surface area contributed by atoms with Crippen LogP contribution in [0.25, 0.3) is 0 Å². The zero-order chi connectivity index (χ0) is 22.5. The lowest BCUT2D eigenvalue weighted by molar-refractivity contribution is 0.0690. The minimum absolute atomic E-state index is 0.0383. The second-order valence-corrected chi connectivity index (χ2v) is 8.69. The average molecular weight is 441 g/mol. The van der Waals surface area contributed by atoms with Gasteiger partial charge >= 0.3 is 6.09 Å². The highest BCUT2D eigenvalue weighted by Gasteiger charge is 2.30. The van der Waals surface area contributed by atoms with Gasteiger partial charge < -0.3 is 29.9 Å². The SMILES string of the molecule is CC(C)NC(=O)O[C@H]1CO[C@@H](c2cnc(Nc3cccc(N4CCN(C)CC4)c3)nc2)C1. The molecule has 4 rings (SSSR count). The molecule has 32 heavy (non-hydrogen) atoms. The Morgan fingerprint density at radius 2 is 1.94 bits per heavy atom. The first-order valence-electron chi connectivity index (χ1n) is 11.2. The second-order valence-electron chi connectivity index (χ2n) is 8.69. The molecular formula is C23H32N6O3. The van der Waals surface area contributed by atoms with Gasteiger partial charge in [-0.15, -0.1) is 0 Å². The summed E-state index contributed by atoms with van der Waals surface area (Å²) in [5.41, 5.74) is 3.03. The van der Waals surface area contributed by atoms with E-state index < -0.39 is 6.09 Å². The van der Waals surface area contributed by atoms with Crippen molar-refractivity contribution in [2.45, 2.75) is 38.5 Å². The number of alkyl carbamates (subject to hydrolysis) is 1. The monoisotopic (exact) mass is 440 g/mol. The van der Waals surface area contributed by atoms with Gasteiger partial charge in [0.25, 0.3) is 0 Å². The van der Waals surface area contributed by atoms with Crippen molar-refractivity contribution in [2.24, 2.45) is 0 Å². The molecule has 2 N–H and O–H groups in total. The lowest BCUT2D eigenvalue weighted by Gasteiger charge is -2.34. The Kier molecular flexibility index (Phi) is 7.06. The molecule has 0 aliphatic carbocycles. The Labute approximate surface area is 189 Å².